The van der Waals surface area contributed by atoms with E-state index in [2.05, 4.69) is 4.98 Å². The summed E-state index contributed by atoms with van der Waals surface area (Å²) in [6.45, 7) is 3.34. The summed E-state index contributed by atoms with van der Waals surface area (Å²) in [4.78, 5) is 15.6. The summed E-state index contributed by atoms with van der Waals surface area (Å²) in [7, 11) is 0. The lowest BCUT2D eigenvalue weighted by molar-refractivity contribution is -0.200. The van der Waals surface area contributed by atoms with Gasteiger partial charge in [0, 0.05) is 6.20 Å². The standard InChI is InChI=1S/C12H17N3O5.ClH.H2O/c1-12(2)19-8-6(5-16)18-10(9(8)20-12)15-4-3-7(13)14-11(15)17;;/h3-4,6,8-10,16H,5H2,1-2H3,(H2,13,14,17);1H;1H2. The Morgan fingerprint density at radius 2 is 2.05 bits per heavy atom. The highest BCUT2D eigenvalue weighted by Gasteiger charge is 2.55. The minimum Gasteiger partial charge on any atom is -0.412 e. The predicted octanol–water partition coefficient (Wildman–Crippen LogP) is -1.17. The van der Waals surface area contributed by atoms with Crippen LogP contribution in [0.2, 0.25) is 0 Å². The molecule has 22 heavy (non-hydrogen) atoms. The van der Waals surface area contributed by atoms with Gasteiger partial charge < -0.3 is 30.5 Å². The Morgan fingerprint density at radius 1 is 1.41 bits per heavy atom. The van der Waals surface area contributed by atoms with Gasteiger partial charge in [0.1, 0.15) is 24.1 Å². The van der Waals surface area contributed by atoms with Gasteiger partial charge in [0.15, 0.2) is 12.0 Å². The summed E-state index contributed by atoms with van der Waals surface area (Å²) < 4.78 is 18.5. The van der Waals surface area contributed by atoms with Crippen LogP contribution in [-0.2, 0) is 14.2 Å². The number of hydrogen-bond donors (Lipinski definition) is 2. The fourth-order valence-corrected chi connectivity index (χ4v) is 2.65. The Morgan fingerprint density at radius 3 is 2.64 bits per heavy atom. The Labute approximate surface area is 132 Å². The molecule has 2 aliphatic heterocycles. The van der Waals surface area contributed by atoms with Crippen LogP contribution >= 0.6 is 12.4 Å². The molecule has 4 unspecified atom stereocenters. The van der Waals surface area contributed by atoms with Crippen molar-refractivity contribution < 1.29 is 24.8 Å². The molecule has 0 aliphatic carbocycles. The zero-order valence-electron chi connectivity index (χ0n) is 12.1. The average molecular weight is 338 g/mol. The Balaban J connectivity index is 0.00000121. The lowest BCUT2D eigenvalue weighted by atomic mass is 10.1. The first-order valence-electron chi connectivity index (χ1n) is 6.38. The number of nitrogen functional groups attached to an aromatic ring is 1. The summed E-state index contributed by atoms with van der Waals surface area (Å²) in [5.74, 6) is -0.640. The summed E-state index contributed by atoms with van der Waals surface area (Å²) in [6.07, 6.45) is -0.647. The predicted molar refractivity (Wildman–Crippen MR) is 78.6 cm³/mol. The molecule has 3 rings (SSSR count). The highest BCUT2D eigenvalue weighted by Crippen LogP contribution is 2.42. The number of nitrogens with two attached hydrogens (primary N) is 1. The lowest BCUT2D eigenvalue weighted by Gasteiger charge is -2.24. The molecule has 5 N–H and O–H groups in total. The van der Waals surface area contributed by atoms with Crippen molar-refractivity contribution in [2.75, 3.05) is 12.3 Å². The van der Waals surface area contributed by atoms with E-state index in [0.717, 1.165) is 0 Å². The molecular formula is C12H20ClN3O6. The number of ether oxygens (including phenoxy) is 3. The quantitative estimate of drug-likeness (QED) is 0.692. The molecule has 3 heterocycles. The number of aliphatic hydroxyl groups excluding tert-OH is 1. The fraction of sp³-hybridized carbons (Fsp3) is 0.667. The number of halogens is 1. The van der Waals surface area contributed by atoms with Crippen molar-refractivity contribution in [1.82, 2.24) is 9.55 Å². The van der Waals surface area contributed by atoms with E-state index in [1.54, 1.807) is 13.8 Å². The van der Waals surface area contributed by atoms with Crippen LogP contribution in [0.25, 0.3) is 0 Å². The molecule has 2 fully saturated rings. The lowest BCUT2D eigenvalue weighted by Crippen LogP contribution is -2.35. The maximum Gasteiger partial charge on any atom is 0.351 e. The molecule has 1 aromatic rings. The average Bonchev–Trinajstić information content (AvgIpc) is 2.83. The third kappa shape index (κ3) is 3.09. The summed E-state index contributed by atoms with van der Waals surface area (Å²) in [6, 6.07) is 1.51. The van der Waals surface area contributed by atoms with Crippen LogP contribution in [0.15, 0.2) is 17.1 Å². The third-order valence-corrected chi connectivity index (χ3v) is 3.43. The zero-order chi connectivity index (χ0) is 14.5. The van der Waals surface area contributed by atoms with E-state index in [0.29, 0.717) is 0 Å². The van der Waals surface area contributed by atoms with Crippen molar-refractivity contribution in [2.45, 2.75) is 44.2 Å². The molecule has 10 heteroatoms. The van der Waals surface area contributed by atoms with E-state index < -0.39 is 36.0 Å². The molecule has 0 amide bonds. The second kappa shape index (κ2) is 6.49. The molecule has 0 radical (unpaired) electrons. The SMILES string of the molecule is CC1(C)OC2C(CO)OC(n3ccc(N)nc3=O)C2O1.Cl.O. The van der Waals surface area contributed by atoms with Gasteiger partial charge in [-0.1, -0.05) is 0 Å². The summed E-state index contributed by atoms with van der Waals surface area (Å²) >= 11 is 0. The minimum atomic E-state index is -0.782. The van der Waals surface area contributed by atoms with Gasteiger partial charge in [0.25, 0.3) is 0 Å². The van der Waals surface area contributed by atoms with E-state index in [-0.39, 0.29) is 30.3 Å². The van der Waals surface area contributed by atoms with Crippen molar-refractivity contribution in [1.29, 1.82) is 0 Å². The van der Waals surface area contributed by atoms with Crippen LogP contribution in [0.5, 0.6) is 0 Å². The van der Waals surface area contributed by atoms with Crippen molar-refractivity contribution in [3.05, 3.63) is 22.7 Å². The van der Waals surface area contributed by atoms with Crippen molar-refractivity contribution >= 4 is 18.2 Å². The Hall–Kier alpha value is -1.23. The minimum absolute atomic E-state index is 0. The largest absolute Gasteiger partial charge is 0.412 e. The Kier molecular flexibility index (Phi) is 5.55. The molecule has 0 bridgehead atoms. The van der Waals surface area contributed by atoms with Gasteiger partial charge >= 0.3 is 5.69 Å². The molecule has 0 spiro atoms. The van der Waals surface area contributed by atoms with E-state index in [1.165, 1.54) is 16.8 Å². The van der Waals surface area contributed by atoms with Gasteiger partial charge in [-0.15, -0.1) is 12.4 Å². The number of hydrogen-bond acceptors (Lipinski definition) is 7. The molecule has 126 valence electrons. The monoisotopic (exact) mass is 337 g/mol. The molecule has 0 saturated carbocycles. The van der Waals surface area contributed by atoms with E-state index in [9.17, 15) is 9.90 Å². The first-order chi connectivity index (χ1) is 9.41. The molecule has 2 saturated heterocycles. The van der Waals surface area contributed by atoms with E-state index in [4.69, 9.17) is 19.9 Å². The van der Waals surface area contributed by atoms with Crippen LogP contribution in [0.4, 0.5) is 5.82 Å². The summed E-state index contributed by atoms with van der Waals surface area (Å²) in [5.41, 5.74) is 4.94. The van der Waals surface area contributed by atoms with Crippen molar-refractivity contribution in [2.24, 2.45) is 0 Å². The molecule has 2 aliphatic rings. The van der Waals surface area contributed by atoms with Gasteiger partial charge in [-0.05, 0) is 19.9 Å². The highest BCUT2D eigenvalue weighted by atomic mass is 35.5. The molecule has 9 nitrogen and oxygen atoms in total. The second-order valence-corrected chi connectivity index (χ2v) is 5.35. The van der Waals surface area contributed by atoms with Crippen LogP contribution in [0.3, 0.4) is 0 Å². The normalized spacial score (nSPS) is 32.0. The molecular weight excluding hydrogens is 318 g/mol. The number of aliphatic hydroxyl groups is 1. The number of nitrogens with zero attached hydrogens (tertiary/aromatic N) is 2. The third-order valence-electron chi connectivity index (χ3n) is 3.43. The van der Waals surface area contributed by atoms with Gasteiger partial charge in [-0.3, -0.25) is 4.57 Å². The van der Waals surface area contributed by atoms with Gasteiger partial charge in [0.05, 0.1) is 6.61 Å². The maximum atomic E-state index is 11.9. The number of rotatable bonds is 2. The Bertz CT molecular complexity index is 580. The maximum absolute atomic E-state index is 11.9. The molecule has 4 atom stereocenters. The van der Waals surface area contributed by atoms with Crippen molar-refractivity contribution in [3.63, 3.8) is 0 Å². The van der Waals surface area contributed by atoms with Gasteiger partial charge in [-0.2, -0.15) is 4.98 Å². The van der Waals surface area contributed by atoms with Crippen molar-refractivity contribution in [3.8, 4) is 0 Å². The van der Waals surface area contributed by atoms with Gasteiger partial charge in [-0.25, -0.2) is 4.79 Å². The van der Waals surface area contributed by atoms with Crippen LogP contribution in [-0.4, -0.2) is 50.8 Å². The fourth-order valence-electron chi connectivity index (χ4n) is 2.65. The topological polar surface area (TPSA) is 140 Å². The number of aromatic nitrogens is 2. The first kappa shape index (κ1) is 18.8. The number of fused-ring (bicyclic) bond motifs is 1. The van der Waals surface area contributed by atoms with E-state index in [1.807, 2.05) is 0 Å². The number of anilines is 1. The highest BCUT2D eigenvalue weighted by molar-refractivity contribution is 5.85. The zero-order valence-corrected chi connectivity index (χ0v) is 12.9. The summed E-state index contributed by atoms with van der Waals surface area (Å²) in [5, 5.41) is 9.38. The van der Waals surface area contributed by atoms with Crippen LogP contribution in [0.1, 0.15) is 20.1 Å². The smallest absolute Gasteiger partial charge is 0.351 e. The first-order valence-corrected chi connectivity index (χ1v) is 6.38. The van der Waals surface area contributed by atoms with Gasteiger partial charge in [0.2, 0.25) is 0 Å². The van der Waals surface area contributed by atoms with Crippen LogP contribution < -0.4 is 11.4 Å². The second-order valence-electron chi connectivity index (χ2n) is 5.35. The molecule has 0 aromatic carbocycles. The van der Waals surface area contributed by atoms with Crippen LogP contribution in [0, 0.1) is 0 Å². The molecule has 1 aromatic heterocycles. The van der Waals surface area contributed by atoms with E-state index >= 15 is 0 Å².